The van der Waals surface area contributed by atoms with Gasteiger partial charge in [0.15, 0.2) is 0 Å². The number of para-hydroxylation sites is 1. The number of benzene rings is 2. The number of hydrogen-bond donors (Lipinski definition) is 1. The number of aryl methyl sites for hydroxylation is 2. The second kappa shape index (κ2) is 8.34. The third-order valence-corrected chi connectivity index (χ3v) is 5.19. The first-order valence-corrected chi connectivity index (χ1v) is 9.47. The first-order chi connectivity index (χ1) is 12.5. The summed E-state index contributed by atoms with van der Waals surface area (Å²) in [5, 5.41) is 5.63. The van der Waals surface area contributed by atoms with E-state index < -0.39 is 0 Å². The van der Waals surface area contributed by atoms with Gasteiger partial charge in [-0.25, -0.2) is 5.43 Å². The molecule has 0 aliphatic rings. The minimum Gasteiger partial charge on any atom is -0.272 e. The lowest BCUT2D eigenvalue weighted by molar-refractivity contribution is -0.118. The van der Waals surface area contributed by atoms with Crippen LogP contribution in [0.5, 0.6) is 0 Å². The van der Waals surface area contributed by atoms with E-state index in [4.69, 9.17) is 11.6 Å². The zero-order valence-electron chi connectivity index (χ0n) is 14.5. The number of pyridine rings is 1. The SMILES string of the molecule is Cc1cc(SCC(=O)N/N=C\c2ccccc2Cl)c2cccc(C)c2n1. The van der Waals surface area contributed by atoms with Crippen LogP contribution in [0.25, 0.3) is 10.9 Å². The first-order valence-electron chi connectivity index (χ1n) is 8.11. The van der Waals surface area contributed by atoms with Gasteiger partial charge in [0.1, 0.15) is 0 Å². The Kier molecular flexibility index (Phi) is 5.91. The van der Waals surface area contributed by atoms with Gasteiger partial charge in [-0.05, 0) is 31.5 Å². The average molecular weight is 384 g/mol. The third kappa shape index (κ3) is 4.42. The Balaban J connectivity index is 1.66. The van der Waals surface area contributed by atoms with Gasteiger partial charge >= 0.3 is 0 Å². The number of thioether (sulfide) groups is 1. The molecule has 0 unspecified atom stereocenters. The molecule has 26 heavy (non-hydrogen) atoms. The molecule has 132 valence electrons. The van der Waals surface area contributed by atoms with E-state index in [1.807, 2.05) is 56.3 Å². The second-order valence-corrected chi connectivity index (χ2v) is 7.26. The van der Waals surface area contributed by atoms with Gasteiger partial charge in [0.05, 0.1) is 17.5 Å². The zero-order chi connectivity index (χ0) is 18.5. The first kappa shape index (κ1) is 18.4. The van der Waals surface area contributed by atoms with Gasteiger partial charge < -0.3 is 0 Å². The van der Waals surface area contributed by atoms with Crippen LogP contribution in [-0.4, -0.2) is 22.9 Å². The van der Waals surface area contributed by atoms with E-state index in [2.05, 4.69) is 15.5 Å². The van der Waals surface area contributed by atoms with Crippen LogP contribution < -0.4 is 5.43 Å². The maximum absolute atomic E-state index is 12.1. The van der Waals surface area contributed by atoms with E-state index in [1.165, 1.54) is 11.8 Å². The lowest BCUT2D eigenvalue weighted by atomic mass is 10.1. The molecule has 1 aromatic heterocycles. The number of nitrogens with zero attached hydrogens (tertiary/aromatic N) is 2. The van der Waals surface area contributed by atoms with Crippen molar-refractivity contribution in [1.29, 1.82) is 0 Å². The fraction of sp³-hybridized carbons (Fsp3) is 0.150. The number of rotatable bonds is 5. The molecule has 0 atom stereocenters. The number of hydrazone groups is 1. The molecule has 1 amide bonds. The maximum Gasteiger partial charge on any atom is 0.250 e. The molecule has 4 nitrogen and oxygen atoms in total. The summed E-state index contributed by atoms with van der Waals surface area (Å²) < 4.78 is 0. The molecule has 3 rings (SSSR count). The number of fused-ring (bicyclic) bond motifs is 1. The van der Waals surface area contributed by atoms with E-state index in [9.17, 15) is 4.79 Å². The predicted molar refractivity (Wildman–Crippen MR) is 109 cm³/mol. The molecule has 0 saturated heterocycles. The Hall–Kier alpha value is -2.37. The van der Waals surface area contributed by atoms with Crippen LogP contribution in [-0.2, 0) is 4.79 Å². The van der Waals surface area contributed by atoms with Gasteiger partial charge in [-0.3, -0.25) is 9.78 Å². The van der Waals surface area contributed by atoms with E-state index >= 15 is 0 Å². The third-order valence-electron chi connectivity index (χ3n) is 3.79. The Morgan fingerprint density at radius 3 is 2.85 bits per heavy atom. The van der Waals surface area contributed by atoms with Crippen LogP contribution in [0.1, 0.15) is 16.8 Å². The van der Waals surface area contributed by atoms with Crippen molar-refractivity contribution < 1.29 is 4.79 Å². The topological polar surface area (TPSA) is 54.4 Å². The van der Waals surface area contributed by atoms with Crippen LogP contribution in [0.4, 0.5) is 0 Å². The fourth-order valence-corrected chi connectivity index (χ4v) is 3.64. The second-order valence-electron chi connectivity index (χ2n) is 5.84. The Morgan fingerprint density at radius 2 is 2.04 bits per heavy atom. The van der Waals surface area contributed by atoms with Crippen LogP contribution in [0.15, 0.2) is 58.5 Å². The maximum atomic E-state index is 12.1. The highest BCUT2D eigenvalue weighted by atomic mass is 35.5. The summed E-state index contributed by atoms with van der Waals surface area (Å²) >= 11 is 7.53. The fourth-order valence-electron chi connectivity index (χ4n) is 2.53. The van der Waals surface area contributed by atoms with E-state index in [0.717, 1.165) is 32.6 Å². The van der Waals surface area contributed by atoms with Crippen molar-refractivity contribution in [3.05, 3.63) is 70.4 Å². The smallest absolute Gasteiger partial charge is 0.250 e. The standard InChI is InChI=1S/C20H18ClN3OS/c1-13-6-5-8-16-18(10-14(2)23-20(13)16)26-12-19(25)24-22-11-15-7-3-4-9-17(15)21/h3-11H,12H2,1-2H3,(H,24,25)/b22-11-. The number of carbonyl (C=O) groups is 1. The van der Waals surface area contributed by atoms with Gasteiger partial charge in [-0.1, -0.05) is 48.0 Å². The van der Waals surface area contributed by atoms with E-state index in [1.54, 1.807) is 12.3 Å². The number of carbonyl (C=O) groups excluding carboxylic acids is 1. The molecule has 0 radical (unpaired) electrons. The number of aromatic nitrogens is 1. The summed E-state index contributed by atoms with van der Waals surface area (Å²) in [5.41, 5.74) is 6.34. The lowest BCUT2D eigenvalue weighted by Crippen LogP contribution is -2.19. The highest BCUT2D eigenvalue weighted by Crippen LogP contribution is 2.29. The summed E-state index contributed by atoms with van der Waals surface area (Å²) in [6.45, 7) is 4.00. The van der Waals surface area contributed by atoms with Gasteiger partial charge in [0.2, 0.25) is 5.91 Å². The molecule has 2 aromatic carbocycles. The van der Waals surface area contributed by atoms with Crippen molar-refractivity contribution in [3.63, 3.8) is 0 Å². The van der Waals surface area contributed by atoms with Gasteiger partial charge in [0, 0.05) is 26.6 Å². The van der Waals surface area contributed by atoms with Gasteiger partial charge in [-0.15, -0.1) is 11.8 Å². The van der Waals surface area contributed by atoms with Crippen molar-refractivity contribution >= 4 is 46.4 Å². The molecular weight excluding hydrogens is 366 g/mol. The molecule has 3 aromatic rings. The van der Waals surface area contributed by atoms with Crippen LogP contribution in [0, 0.1) is 13.8 Å². The Morgan fingerprint density at radius 1 is 1.23 bits per heavy atom. The van der Waals surface area contributed by atoms with Crippen molar-refractivity contribution in [1.82, 2.24) is 10.4 Å². The zero-order valence-corrected chi connectivity index (χ0v) is 16.1. The molecule has 1 heterocycles. The lowest BCUT2D eigenvalue weighted by Gasteiger charge is -2.09. The number of nitrogens with one attached hydrogen (secondary N) is 1. The molecule has 0 fully saturated rings. The molecule has 0 bridgehead atoms. The highest BCUT2D eigenvalue weighted by molar-refractivity contribution is 8.00. The van der Waals surface area contributed by atoms with Crippen LogP contribution in [0.2, 0.25) is 5.02 Å². The molecule has 0 aliphatic heterocycles. The Bertz CT molecular complexity index is 988. The van der Waals surface area contributed by atoms with Crippen LogP contribution >= 0.6 is 23.4 Å². The van der Waals surface area contributed by atoms with Gasteiger partial charge in [0.25, 0.3) is 0 Å². The van der Waals surface area contributed by atoms with Gasteiger partial charge in [-0.2, -0.15) is 5.10 Å². The van der Waals surface area contributed by atoms with Crippen molar-refractivity contribution in [2.45, 2.75) is 18.7 Å². The van der Waals surface area contributed by atoms with E-state index in [0.29, 0.717) is 5.02 Å². The van der Waals surface area contributed by atoms with Crippen LogP contribution in [0.3, 0.4) is 0 Å². The molecule has 1 N–H and O–H groups in total. The summed E-state index contributed by atoms with van der Waals surface area (Å²) in [6.07, 6.45) is 1.54. The quantitative estimate of drug-likeness (QED) is 0.393. The minimum atomic E-state index is -0.173. The largest absolute Gasteiger partial charge is 0.272 e. The molecule has 6 heteroatoms. The average Bonchev–Trinajstić information content (AvgIpc) is 2.62. The normalized spacial score (nSPS) is 11.2. The number of amides is 1. The Labute approximate surface area is 161 Å². The minimum absolute atomic E-state index is 0.173. The summed E-state index contributed by atoms with van der Waals surface area (Å²) in [7, 11) is 0. The molecule has 0 saturated carbocycles. The molecule has 0 aliphatic carbocycles. The predicted octanol–water partition coefficient (Wildman–Crippen LogP) is 4.75. The van der Waals surface area contributed by atoms with Crippen molar-refractivity contribution in [3.8, 4) is 0 Å². The number of halogens is 1. The number of hydrogen-bond acceptors (Lipinski definition) is 4. The van der Waals surface area contributed by atoms with Crippen molar-refractivity contribution in [2.75, 3.05) is 5.75 Å². The highest BCUT2D eigenvalue weighted by Gasteiger charge is 2.09. The summed E-state index contributed by atoms with van der Waals surface area (Å²) in [6, 6.07) is 15.4. The van der Waals surface area contributed by atoms with Crippen molar-refractivity contribution in [2.24, 2.45) is 5.10 Å². The monoisotopic (exact) mass is 383 g/mol. The summed E-state index contributed by atoms with van der Waals surface area (Å²) in [5.74, 6) is 0.0976. The molecular formula is C20H18ClN3OS. The molecule has 0 spiro atoms. The summed E-state index contributed by atoms with van der Waals surface area (Å²) in [4.78, 5) is 17.7. The van der Waals surface area contributed by atoms with E-state index in [-0.39, 0.29) is 11.7 Å².